The number of carbonyl (C=O) groups excluding carboxylic acids is 2. The number of hydrogen-bond acceptors (Lipinski definition) is 5. The van der Waals surface area contributed by atoms with E-state index >= 15 is 0 Å². The number of rotatable bonds is 3. The molecule has 0 spiro atoms. The first-order valence-electron chi connectivity index (χ1n) is 7.37. The van der Waals surface area contributed by atoms with E-state index < -0.39 is 17.5 Å². The van der Waals surface area contributed by atoms with E-state index in [1.165, 1.54) is 17.5 Å². The number of amides is 2. The van der Waals surface area contributed by atoms with Crippen LogP contribution in [-0.4, -0.2) is 34.4 Å². The maximum Gasteiger partial charge on any atom is 0.264 e. The summed E-state index contributed by atoms with van der Waals surface area (Å²) in [7, 11) is 0. The standard InChI is InChI=1S/C15H16N4O3S/c20-13(18-10-4-1-2-6-16-15(10)22)9-8-17-12(19-14(9)21)11-5-3-7-23-11/h3,5,7-8,10H,1-2,4,6H2,(H,16,22)(H,18,20)(H,17,19,21)/t10-/m0/s1. The number of aromatic nitrogens is 2. The number of hydrogen-bond donors (Lipinski definition) is 3. The molecule has 1 atom stereocenters. The summed E-state index contributed by atoms with van der Waals surface area (Å²) in [6.45, 7) is 0.614. The van der Waals surface area contributed by atoms with Crippen LogP contribution in [0.25, 0.3) is 10.7 Å². The monoisotopic (exact) mass is 332 g/mol. The lowest BCUT2D eigenvalue weighted by Crippen LogP contribution is -2.46. The second-order valence-corrected chi connectivity index (χ2v) is 6.21. The Balaban J connectivity index is 1.77. The van der Waals surface area contributed by atoms with Gasteiger partial charge in [-0.3, -0.25) is 14.4 Å². The van der Waals surface area contributed by atoms with Gasteiger partial charge in [-0.05, 0) is 30.7 Å². The van der Waals surface area contributed by atoms with E-state index in [4.69, 9.17) is 0 Å². The molecule has 2 aromatic heterocycles. The molecule has 23 heavy (non-hydrogen) atoms. The van der Waals surface area contributed by atoms with Crippen LogP contribution in [0.3, 0.4) is 0 Å². The van der Waals surface area contributed by atoms with E-state index in [-0.39, 0.29) is 11.5 Å². The third-order valence-electron chi connectivity index (χ3n) is 3.64. The summed E-state index contributed by atoms with van der Waals surface area (Å²) in [5.41, 5.74) is -0.614. The summed E-state index contributed by atoms with van der Waals surface area (Å²) in [5, 5.41) is 7.23. The molecular formula is C15H16N4O3S. The van der Waals surface area contributed by atoms with Crippen LogP contribution in [0.15, 0.2) is 28.5 Å². The van der Waals surface area contributed by atoms with Gasteiger partial charge in [-0.1, -0.05) is 6.07 Å². The van der Waals surface area contributed by atoms with Crippen LogP contribution in [0.4, 0.5) is 0 Å². The van der Waals surface area contributed by atoms with Crippen LogP contribution in [0.5, 0.6) is 0 Å². The lowest BCUT2D eigenvalue weighted by Gasteiger charge is -2.14. The molecule has 3 rings (SSSR count). The zero-order valence-corrected chi connectivity index (χ0v) is 13.1. The Kier molecular flexibility index (Phi) is 4.52. The van der Waals surface area contributed by atoms with Crippen LogP contribution in [0.2, 0.25) is 0 Å². The molecule has 0 saturated carbocycles. The van der Waals surface area contributed by atoms with Crippen molar-refractivity contribution in [2.75, 3.05) is 6.54 Å². The molecule has 1 aliphatic heterocycles. The Hall–Kier alpha value is -2.48. The lowest BCUT2D eigenvalue weighted by atomic mass is 10.1. The molecule has 8 heteroatoms. The van der Waals surface area contributed by atoms with Gasteiger partial charge in [-0.2, -0.15) is 0 Å². The van der Waals surface area contributed by atoms with Crippen molar-refractivity contribution in [3.63, 3.8) is 0 Å². The van der Waals surface area contributed by atoms with Crippen molar-refractivity contribution in [2.24, 2.45) is 0 Å². The third-order valence-corrected chi connectivity index (χ3v) is 4.52. The van der Waals surface area contributed by atoms with Gasteiger partial charge in [0.1, 0.15) is 17.4 Å². The zero-order chi connectivity index (χ0) is 16.2. The molecule has 0 radical (unpaired) electrons. The minimum atomic E-state index is -0.610. The molecule has 1 aliphatic rings. The average molecular weight is 332 g/mol. The molecule has 1 fully saturated rings. The van der Waals surface area contributed by atoms with Gasteiger partial charge in [0.15, 0.2) is 0 Å². The van der Waals surface area contributed by atoms with Crippen molar-refractivity contribution < 1.29 is 9.59 Å². The van der Waals surface area contributed by atoms with Gasteiger partial charge in [0.2, 0.25) is 5.91 Å². The maximum atomic E-state index is 12.2. The van der Waals surface area contributed by atoms with Crippen molar-refractivity contribution in [2.45, 2.75) is 25.3 Å². The van der Waals surface area contributed by atoms with Gasteiger partial charge >= 0.3 is 0 Å². The fourth-order valence-electron chi connectivity index (χ4n) is 2.41. The first-order chi connectivity index (χ1) is 11.1. The molecule has 3 N–H and O–H groups in total. The van der Waals surface area contributed by atoms with Crippen molar-refractivity contribution in [3.8, 4) is 10.7 Å². The Morgan fingerprint density at radius 2 is 2.22 bits per heavy atom. The van der Waals surface area contributed by atoms with Crippen LogP contribution < -0.4 is 16.2 Å². The maximum absolute atomic E-state index is 12.2. The minimum absolute atomic E-state index is 0.0950. The van der Waals surface area contributed by atoms with Gasteiger partial charge in [-0.15, -0.1) is 11.3 Å². The molecule has 0 aromatic carbocycles. The van der Waals surface area contributed by atoms with Gasteiger partial charge in [0.25, 0.3) is 11.5 Å². The summed E-state index contributed by atoms with van der Waals surface area (Å²) < 4.78 is 0. The smallest absolute Gasteiger partial charge is 0.264 e. The fourth-order valence-corrected chi connectivity index (χ4v) is 3.08. The van der Waals surface area contributed by atoms with Crippen molar-refractivity contribution in [3.05, 3.63) is 39.6 Å². The molecule has 7 nitrogen and oxygen atoms in total. The molecule has 2 aromatic rings. The number of carbonyl (C=O) groups is 2. The second-order valence-electron chi connectivity index (χ2n) is 5.26. The van der Waals surface area contributed by atoms with Gasteiger partial charge in [0.05, 0.1) is 4.88 Å². The highest BCUT2D eigenvalue weighted by Gasteiger charge is 2.24. The lowest BCUT2D eigenvalue weighted by molar-refractivity contribution is -0.122. The first-order valence-corrected chi connectivity index (χ1v) is 8.25. The van der Waals surface area contributed by atoms with E-state index in [0.717, 1.165) is 17.7 Å². The second kappa shape index (κ2) is 6.74. The first kappa shape index (κ1) is 15.4. The Morgan fingerprint density at radius 3 is 2.96 bits per heavy atom. The predicted octanol–water partition coefficient (Wildman–Crippen LogP) is 0.897. The fraction of sp³-hybridized carbons (Fsp3) is 0.333. The molecule has 3 heterocycles. The SMILES string of the molecule is O=C(N[C@H]1CCCCNC1=O)c1cnc(-c2cccs2)[nH]c1=O. The molecule has 0 bridgehead atoms. The predicted molar refractivity (Wildman–Crippen MR) is 86.3 cm³/mol. The number of thiophene rings is 1. The van der Waals surface area contributed by atoms with Gasteiger partial charge in [0, 0.05) is 12.7 Å². The van der Waals surface area contributed by atoms with E-state index in [9.17, 15) is 14.4 Å². The number of H-pyrrole nitrogens is 1. The van der Waals surface area contributed by atoms with Crippen LogP contribution in [-0.2, 0) is 4.79 Å². The Bertz CT molecular complexity index is 769. The summed E-state index contributed by atoms with van der Waals surface area (Å²) in [6.07, 6.45) is 3.54. The normalized spacial score (nSPS) is 18.1. The van der Waals surface area contributed by atoms with Crippen LogP contribution >= 0.6 is 11.3 Å². The molecule has 0 unspecified atom stereocenters. The quantitative estimate of drug-likeness (QED) is 0.776. The average Bonchev–Trinajstić information content (AvgIpc) is 3.00. The summed E-state index contributed by atoms with van der Waals surface area (Å²) in [4.78, 5) is 43.8. The van der Waals surface area contributed by atoms with E-state index in [1.807, 2.05) is 17.5 Å². The largest absolute Gasteiger partial charge is 0.354 e. The van der Waals surface area contributed by atoms with E-state index in [1.54, 1.807) is 0 Å². The molecule has 1 saturated heterocycles. The van der Waals surface area contributed by atoms with Crippen LogP contribution in [0, 0.1) is 0 Å². The Labute approximate surface area is 136 Å². The summed E-state index contributed by atoms with van der Waals surface area (Å²) in [6, 6.07) is 3.07. The number of nitrogens with zero attached hydrogens (tertiary/aromatic N) is 1. The Morgan fingerprint density at radius 1 is 1.35 bits per heavy atom. The highest BCUT2D eigenvalue weighted by molar-refractivity contribution is 7.13. The number of nitrogens with one attached hydrogen (secondary N) is 3. The van der Waals surface area contributed by atoms with Crippen molar-refractivity contribution in [1.29, 1.82) is 0 Å². The molecular weight excluding hydrogens is 316 g/mol. The topological polar surface area (TPSA) is 104 Å². The van der Waals surface area contributed by atoms with Crippen molar-refractivity contribution in [1.82, 2.24) is 20.6 Å². The summed E-state index contributed by atoms with van der Waals surface area (Å²) in [5.74, 6) is -0.372. The zero-order valence-electron chi connectivity index (χ0n) is 12.3. The molecule has 2 amide bonds. The van der Waals surface area contributed by atoms with Gasteiger partial charge in [-0.25, -0.2) is 4.98 Å². The van der Waals surface area contributed by atoms with Crippen molar-refractivity contribution >= 4 is 23.2 Å². The number of aromatic amines is 1. The highest BCUT2D eigenvalue weighted by atomic mass is 32.1. The molecule has 120 valence electrons. The van der Waals surface area contributed by atoms with Gasteiger partial charge < -0.3 is 15.6 Å². The van der Waals surface area contributed by atoms with E-state index in [0.29, 0.717) is 18.8 Å². The summed E-state index contributed by atoms with van der Waals surface area (Å²) >= 11 is 1.44. The van der Waals surface area contributed by atoms with E-state index in [2.05, 4.69) is 20.6 Å². The van der Waals surface area contributed by atoms with Crippen LogP contribution in [0.1, 0.15) is 29.6 Å². The molecule has 0 aliphatic carbocycles. The highest BCUT2D eigenvalue weighted by Crippen LogP contribution is 2.19. The minimum Gasteiger partial charge on any atom is -0.354 e. The third kappa shape index (κ3) is 3.48.